The van der Waals surface area contributed by atoms with Gasteiger partial charge in [0, 0.05) is 12.6 Å². The number of aromatic nitrogens is 1. The molecule has 0 fully saturated rings. The molecule has 0 saturated carbocycles. The average Bonchev–Trinajstić information content (AvgIpc) is 2.33. The van der Waals surface area contributed by atoms with Gasteiger partial charge in [0.2, 0.25) is 0 Å². The summed E-state index contributed by atoms with van der Waals surface area (Å²) in [5.41, 5.74) is 7.31. The summed E-state index contributed by atoms with van der Waals surface area (Å²) in [5, 5.41) is 0. The van der Waals surface area contributed by atoms with E-state index in [0.717, 1.165) is 23.3 Å². The van der Waals surface area contributed by atoms with E-state index in [4.69, 9.17) is 5.73 Å². The number of nitrogens with two attached hydrogens (primary N) is 1. The SMILES string of the molecule is Cc1cc(C(F)(F)F)ccc1Cc1cccnc1N. The van der Waals surface area contributed by atoms with Crippen molar-refractivity contribution >= 4 is 5.82 Å². The molecular weight excluding hydrogens is 253 g/mol. The predicted molar refractivity (Wildman–Crippen MR) is 67.6 cm³/mol. The highest BCUT2D eigenvalue weighted by Gasteiger charge is 2.30. The summed E-state index contributed by atoms with van der Waals surface area (Å²) in [6.07, 6.45) is -2.25. The van der Waals surface area contributed by atoms with Gasteiger partial charge < -0.3 is 5.73 Å². The number of nitrogens with zero attached hydrogens (tertiary/aromatic N) is 1. The van der Waals surface area contributed by atoms with Crippen molar-refractivity contribution in [2.75, 3.05) is 5.73 Å². The Morgan fingerprint density at radius 1 is 1.16 bits per heavy atom. The van der Waals surface area contributed by atoms with Gasteiger partial charge >= 0.3 is 6.18 Å². The van der Waals surface area contributed by atoms with Gasteiger partial charge in [-0.3, -0.25) is 0 Å². The first-order valence-electron chi connectivity index (χ1n) is 5.74. The zero-order valence-electron chi connectivity index (χ0n) is 10.3. The van der Waals surface area contributed by atoms with Crippen molar-refractivity contribution in [3.05, 3.63) is 58.8 Å². The second kappa shape index (κ2) is 4.91. The first-order chi connectivity index (χ1) is 8.88. The first kappa shape index (κ1) is 13.4. The quantitative estimate of drug-likeness (QED) is 0.902. The topological polar surface area (TPSA) is 38.9 Å². The second-order valence-electron chi connectivity index (χ2n) is 4.36. The minimum absolute atomic E-state index is 0.404. The Hall–Kier alpha value is -2.04. The standard InChI is InChI=1S/C14H13F3N2/c1-9-7-12(14(15,16)17)5-4-10(9)8-11-3-2-6-19-13(11)18/h2-7H,8H2,1H3,(H2,18,19). The molecule has 1 aromatic heterocycles. The molecule has 19 heavy (non-hydrogen) atoms. The van der Waals surface area contributed by atoms with E-state index in [1.807, 2.05) is 6.07 Å². The smallest absolute Gasteiger partial charge is 0.383 e. The van der Waals surface area contributed by atoms with E-state index in [0.29, 0.717) is 17.8 Å². The number of hydrogen-bond donors (Lipinski definition) is 1. The molecule has 0 amide bonds. The number of pyridine rings is 1. The van der Waals surface area contributed by atoms with E-state index in [1.165, 1.54) is 6.07 Å². The number of rotatable bonds is 2. The molecule has 0 atom stereocenters. The van der Waals surface area contributed by atoms with Crippen LogP contribution in [0.1, 0.15) is 22.3 Å². The fourth-order valence-corrected chi connectivity index (χ4v) is 1.88. The van der Waals surface area contributed by atoms with Crippen LogP contribution in [0.25, 0.3) is 0 Å². The van der Waals surface area contributed by atoms with Gasteiger partial charge in [-0.15, -0.1) is 0 Å². The molecule has 0 aliphatic rings. The van der Waals surface area contributed by atoms with E-state index in [1.54, 1.807) is 19.2 Å². The highest BCUT2D eigenvalue weighted by Crippen LogP contribution is 2.31. The summed E-state index contributed by atoms with van der Waals surface area (Å²) >= 11 is 0. The number of nitrogen functional groups attached to an aromatic ring is 1. The Kier molecular flexibility index (Phi) is 3.46. The lowest BCUT2D eigenvalue weighted by atomic mass is 9.99. The molecule has 2 rings (SSSR count). The van der Waals surface area contributed by atoms with Crippen LogP contribution in [0.5, 0.6) is 0 Å². The van der Waals surface area contributed by atoms with Gasteiger partial charge in [0.25, 0.3) is 0 Å². The van der Waals surface area contributed by atoms with Crippen LogP contribution in [0.4, 0.5) is 19.0 Å². The van der Waals surface area contributed by atoms with Gasteiger partial charge in [-0.25, -0.2) is 4.98 Å². The van der Waals surface area contributed by atoms with Crippen molar-refractivity contribution in [1.82, 2.24) is 4.98 Å². The Labute approximate surface area is 109 Å². The van der Waals surface area contributed by atoms with E-state index in [9.17, 15) is 13.2 Å². The van der Waals surface area contributed by atoms with Crippen LogP contribution in [0.2, 0.25) is 0 Å². The molecule has 0 aliphatic carbocycles. The van der Waals surface area contributed by atoms with Crippen LogP contribution in [-0.4, -0.2) is 4.98 Å². The lowest BCUT2D eigenvalue weighted by Crippen LogP contribution is -2.06. The predicted octanol–water partition coefficient (Wildman–Crippen LogP) is 3.58. The molecule has 0 unspecified atom stereocenters. The van der Waals surface area contributed by atoms with E-state index >= 15 is 0 Å². The molecule has 0 aliphatic heterocycles. The number of anilines is 1. The molecule has 2 nitrogen and oxygen atoms in total. The lowest BCUT2D eigenvalue weighted by molar-refractivity contribution is -0.137. The Bertz CT molecular complexity index is 591. The third-order valence-electron chi connectivity index (χ3n) is 2.98. The number of hydrogen-bond acceptors (Lipinski definition) is 2. The summed E-state index contributed by atoms with van der Waals surface area (Å²) in [6, 6.07) is 7.31. The van der Waals surface area contributed by atoms with Gasteiger partial charge in [-0.05, 0) is 41.8 Å². The zero-order chi connectivity index (χ0) is 14.0. The number of halogens is 3. The molecule has 0 bridgehead atoms. The average molecular weight is 266 g/mol. The van der Waals surface area contributed by atoms with Crippen LogP contribution in [0.15, 0.2) is 36.5 Å². The third kappa shape index (κ3) is 3.05. The highest BCUT2D eigenvalue weighted by molar-refractivity contribution is 5.44. The molecule has 0 radical (unpaired) electrons. The molecule has 1 heterocycles. The van der Waals surface area contributed by atoms with Crippen molar-refractivity contribution in [2.24, 2.45) is 0 Å². The molecule has 0 saturated heterocycles. The zero-order valence-corrected chi connectivity index (χ0v) is 10.3. The maximum Gasteiger partial charge on any atom is 0.416 e. The Balaban J connectivity index is 2.30. The summed E-state index contributed by atoms with van der Waals surface area (Å²) < 4.78 is 37.7. The van der Waals surface area contributed by atoms with Crippen molar-refractivity contribution in [3.63, 3.8) is 0 Å². The van der Waals surface area contributed by atoms with Crippen LogP contribution in [0, 0.1) is 6.92 Å². The number of alkyl halides is 3. The van der Waals surface area contributed by atoms with Gasteiger partial charge in [-0.2, -0.15) is 13.2 Å². The summed E-state index contributed by atoms with van der Waals surface area (Å²) in [5.74, 6) is 0.404. The molecule has 5 heteroatoms. The van der Waals surface area contributed by atoms with Crippen molar-refractivity contribution in [2.45, 2.75) is 19.5 Å². The highest BCUT2D eigenvalue weighted by atomic mass is 19.4. The Morgan fingerprint density at radius 2 is 1.89 bits per heavy atom. The molecular formula is C14H13F3N2. The largest absolute Gasteiger partial charge is 0.416 e. The van der Waals surface area contributed by atoms with Gasteiger partial charge in [0.05, 0.1) is 5.56 Å². The van der Waals surface area contributed by atoms with E-state index in [-0.39, 0.29) is 0 Å². The molecule has 2 aromatic rings. The number of benzene rings is 1. The molecule has 0 spiro atoms. The van der Waals surface area contributed by atoms with Gasteiger partial charge in [0.1, 0.15) is 5.82 Å². The summed E-state index contributed by atoms with van der Waals surface area (Å²) in [7, 11) is 0. The minimum atomic E-state index is -4.31. The minimum Gasteiger partial charge on any atom is -0.383 e. The van der Waals surface area contributed by atoms with Gasteiger partial charge in [0.15, 0.2) is 0 Å². The fourth-order valence-electron chi connectivity index (χ4n) is 1.88. The maximum absolute atomic E-state index is 12.6. The second-order valence-corrected chi connectivity index (χ2v) is 4.36. The van der Waals surface area contributed by atoms with Crippen molar-refractivity contribution < 1.29 is 13.2 Å². The monoisotopic (exact) mass is 266 g/mol. The lowest BCUT2D eigenvalue weighted by Gasteiger charge is -2.11. The first-order valence-corrected chi connectivity index (χ1v) is 5.74. The van der Waals surface area contributed by atoms with E-state index < -0.39 is 11.7 Å². The molecule has 100 valence electrons. The van der Waals surface area contributed by atoms with Crippen LogP contribution >= 0.6 is 0 Å². The summed E-state index contributed by atoms with van der Waals surface area (Å²) in [4.78, 5) is 3.96. The van der Waals surface area contributed by atoms with E-state index in [2.05, 4.69) is 4.98 Å². The maximum atomic E-state index is 12.6. The molecule has 1 aromatic carbocycles. The van der Waals surface area contributed by atoms with Crippen molar-refractivity contribution in [1.29, 1.82) is 0 Å². The van der Waals surface area contributed by atoms with Crippen LogP contribution in [-0.2, 0) is 12.6 Å². The summed E-state index contributed by atoms with van der Waals surface area (Å²) in [6.45, 7) is 1.66. The number of aryl methyl sites for hydroxylation is 1. The third-order valence-corrected chi connectivity index (χ3v) is 2.98. The fraction of sp³-hybridized carbons (Fsp3) is 0.214. The molecule has 2 N–H and O–H groups in total. The van der Waals surface area contributed by atoms with Crippen LogP contribution < -0.4 is 5.73 Å². The Morgan fingerprint density at radius 3 is 2.47 bits per heavy atom. The van der Waals surface area contributed by atoms with Crippen LogP contribution in [0.3, 0.4) is 0 Å². The normalized spacial score (nSPS) is 11.6. The van der Waals surface area contributed by atoms with Gasteiger partial charge in [-0.1, -0.05) is 12.1 Å². The van der Waals surface area contributed by atoms with Crippen molar-refractivity contribution in [3.8, 4) is 0 Å².